The van der Waals surface area contributed by atoms with Crippen LogP contribution in [0.15, 0.2) is 24.3 Å². The Kier molecular flexibility index (Phi) is 4.94. The second kappa shape index (κ2) is 6.55. The lowest BCUT2D eigenvalue weighted by atomic mass is 10.1. The molecule has 1 aromatic rings. The highest BCUT2D eigenvalue weighted by atomic mass is 32.2. The zero-order valence-electron chi connectivity index (χ0n) is 12.5. The number of fused-ring (bicyclic) bond motifs is 1. The smallest absolute Gasteiger partial charge is 0.268 e. The van der Waals surface area contributed by atoms with E-state index in [1.807, 2.05) is 0 Å². The molecule has 8 heteroatoms. The van der Waals surface area contributed by atoms with E-state index >= 15 is 0 Å². The summed E-state index contributed by atoms with van der Waals surface area (Å²) in [5, 5.41) is 0. The number of hydrogen-bond donors (Lipinski definition) is 0. The van der Waals surface area contributed by atoms with Gasteiger partial charge in [0.2, 0.25) is 0 Å². The van der Waals surface area contributed by atoms with Gasteiger partial charge < -0.3 is 4.90 Å². The van der Waals surface area contributed by atoms with Crippen molar-refractivity contribution >= 4 is 21.9 Å². The molecule has 0 atom stereocenters. The van der Waals surface area contributed by atoms with Crippen LogP contribution in [0.25, 0.3) is 0 Å². The Morgan fingerprint density at radius 2 is 1.64 bits per heavy atom. The van der Waals surface area contributed by atoms with Gasteiger partial charge in [-0.2, -0.15) is 8.42 Å². The van der Waals surface area contributed by atoms with E-state index in [1.165, 1.54) is 0 Å². The predicted molar refractivity (Wildman–Crippen MR) is 80.1 cm³/mol. The molecule has 0 saturated heterocycles. The summed E-state index contributed by atoms with van der Waals surface area (Å²) in [6.07, 6.45) is 0. The van der Waals surface area contributed by atoms with Crippen molar-refractivity contribution in [3.8, 4) is 0 Å². The Morgan fingerprint density at radius 1 is 1.09 bits per heavy atom. The molecule has 22 heavy (non-hydrogen) atoms. The largest absolute Gasteiger partial charge is 0.308 e. The van der Waals surface area contributed by atoms with E-state index in [1.54, 1.807) is 43.3 Å². The van der Waals surface area contributed by atoms with E-state index in [-0.39, 0.29) is 18.9 Å². The molecule has 0 aliphatic carbocycles. The second-order valence-corrected chi connectivity index (χ2v) is 6.95. The highest BCUT2D eigenvalue weighted by Gasteiger charge is 2.34. The summed E-state index contributed by atoms with van der Waals surface area (Å²) in [5.74, 6) is -0.980. The van der Waals surface area contributed by atoms with Crippen LogP contribution in [0, 0.1) is 0 Å². The number of carbonyl (C=O) groups is 2. The van der Waals surface area contributed by atoms with E-state index in [4.69, 9.17) is 4.18 Å². The van der Waals surface area contributed by atoms with Gasteiger partial charge in [-0.25, -0.2) is 0 Å². The van der Waals surface area contributed by atoms with Crippen molar-refractivity contribution in [3.63, 3.8) is 0 Å². The van der Waals surface area contributed by atoms with E-state index in [2.05, 4.69) is 0 Å². The minimum atomic E-state index is -3.66. The van der Waals surface area contributed by atoms with Gasteiger partial charge in [0.25, 0.3) is 21.9 Å². The predicted octanol–water partition coefficient (Wildman–Crippen LogP) is 0.191. The molecule has 1 heterocycles. The monoisotopic (exact) mass is 326 g/mol. The van der Waals surface area contributed by atoms with E-state index in [9.17, 15) is 18.0 Å². The Labute approximate surface area is 129 Å². The summed E-state index contributed by atoms with van der Waals surface area (Å²) in [6.45, 7) is 0.0180. The Hall–Kier alpha value is -1.77. The third-order valence-corrected chi connectivity index (χ3v) is 4.45. The molecule has 0 aromatic heterocycles. The molecule has 0 spiro atoms. The maximum Gasteiger partial charge on any atom is 0.268 e. The number of hydrogen-bond acceptors (Lipinski definition) is 6. The van der Waals surface area contributed by atoms with Crippen LogP contribution in [0.1, 0.15) is 20.7 Å². The summed E-state index contributed by atoms with van der Waals surface area (Å²) >= 11 is 0. The standard InChI is InChI=1S/C14H18N2O5S/c1-15(2)8-10-22(19,20)21-9-7-16-13(17)11-5-3-4-6-12(11)14(16)18/h3-6H,7-10H2,1-2H3. The van der Waals surface area contributed by atoms with Crippen molar-refractivity contribution in [2.75, 3.05) is 39.5 Å². The van der Waals surface area contributed by atoms with E-state index in [0.717, 1.165) is 4.90 Å². The average molecular weight is 326 g/mol. The van der Waals surface area contributed by atoms with Gasteiger partial charge in [0.1, 0.15) is 0 Å². The lowest BCUT2D eigenvalue weighted by Crippen LogP contribution is -2.34. The van der Waals surface area contributed by atoms with Crippen LogP contribution < -0.4 is 0 Å². The van der Waals surface area contributed by atoms with Crippen molar-refractivity contribution in [3.05, 3.63) is 35.4 Å². The number of amides is 2. The number of carbonyl (C=O) groups excluding carboxylic acids is 2. The Bertz CT molecular complexity index is 649. The third-order valence-electron chi connectivity index (χ3n) is 3.24. The highest BCUT2D eigenvalue weighted by molar-refractivity contribution is 7.86. The lowest BCUT2D eigenvalue weighted by molar-refractivity contribution is 0.0632. The molecule has 0 saturated carbocycles. The molecule has 1 aliphatic heterocycles. The fraction of sp³-hybridized carbons (Fsp3) is 0.429. The molecule has 7 nitrogen and oxygen atoms in total. The molecule has 0 fully saturated rings. The van der Waals surface area contributed by atoms with Gasteiger partial charge in [-0.15, -0.1) is 0 Å². The van der Waals surface area contributed by atoms with Crippen LogP contribution in [-0.4, -0.2) is 69.6 Å². The highest BCUT2D eigenvalue weighted by Crippen LogP contribution is 2.21. The summed E-state index contributed by atoms with van der Waals surface area (Å²) in [7, 11) is -0.145. The number of benzene rings is 1. The van der Waals surface area contributed by atoms with Crippen LogP contribution >= 0.6 is 0 Å². The molecular formula is C14H18N2O5S. The molecule has 0 unspecified atom stereocenters. The zero-order valence-corrected chi connectivity index (χ0v) is 13.3. The van der Waals surface area contributed by atoms with E-state index < -0.39 is 21.9 Å². The van der Waals surface area contributed by atoms with Crippen molar-refractivity contribution in [1.82, 2.24) is 9.80 Å². The van der Waals surface area contributed by atoms with Gasteiger partial charge in [0.05, 0.1) is 30.0 Å². The molecule has 2 amide bonds. The van der Waals surface area contributed by atoms with Crippen LogP contribution in [0.5, 0.6) is 0 Å². The molecular weight excluding hydrogens is 308 g/mol. The minimum Gasteiger partial charge on any atom is -0.308 e. The third kappa shape index (κ3) is 3.70. The molecule has 0 radical (unpaired) electrons. The first-order valence-corrected chi connectivity index (χ1v) is 8.36. The maximum absolute atomic E-state index is 12.1. The zero-order chi connectivity index (χ0) is 16.3. The normalized spacial score (nSPS) is 14.8. The lowest BCUT2D eigenvalue weighted by Gasteiger charge is -2.14. The van der Waals surface area contributed by atoms with Gasteiger partial charge in [-0.3, -0.25) is 18.7 Å². The molecule has 1 aromatic carbocycles. The first-order valence-electron chi connectivity index (χ1n) is 6.79. The minimum absolute atomic E-state index is 0.0897. The van der Waals surface area contributed by atoms with Crippen molar-refractivity contribution < 1.29 is 22.2 Å². The van der Waals surface area contributed by atoms with Crippen molar-refractivity contribution in [2.24, 2.45) is 0 Å². The Balaban J connectivity index is 1.91. The Morgan fingerprint density at radius 3 is 2.14 bits per heavy atom. The summed E-state index contributed by atoms with van der Waals surface area (Å²) in [5.41, 5.74) is 0.672. The molecule has 0 bridgehead atoms. The van der Waals surface area contributed by atoms with Crippen molar-refractivity contribution in [2.45, 2.75) is 0 Å². The summed E-state index contributed by atoms with van der Waals surface area (Å²) in [6, 6.07) is 6.50. The fourth-order valence-electron chi connectivity index (χ4n) is 2.05. The van der Waals surface area contributed by atoms with Crippen LogP contribution in [0.2, 0.25) is 0 Å². The quantitative estimate of drug-likeness (QED) is 0.525. The number of nitrogens with zero attached hydrogens (tertiary/aromatic N) is 2. The van der Waals surface area contributed by atoms with Gasteiger partial charge in [-0.05, 0) is 26.2 Å². The first-order chi connectivity index (χ1) is 10.3. The van der Waals surface area contributed by atoms with Crippen LogP contribution in [0.3, 0.4) is 0 Å². The van der Waals surface area contributed by atoms with Gasteiger partial charge >= 0.3 is 0 Å². The average Bonchev–Trinajstić information content (AvgIpc) is 2.71. The topological polar surface area (TPSA) is 84.0 Å². The van der Waals surface area contributed by atoms with E-state index in [0.29, 0.717) is 17.7 Å². The summed E-state index contributed by atoms with van der Waals surface area (Å²) in [4.78, 5) is 26.9. The molecule has 0 N–H and O–H groups in total. The molecule has 120 valence electrons. The van der Waals surface area contributed by atoms with Crippen LogP contribution in [0.4, 0.5) is 0 Å². The van der Waals surface area contributed by atoms with Gasteiger partial charge in [-0.1, -0.05) is 12.1 Å². The second-order valence-electron chi connectivity index (χ2n) is 5.19. The van der Waals surface area contributed by atoms with Gasteiger partial charge in [0, 0.05) is 6.54 Å². The van der Waals surface area contributed by atoms with Crippen LogP contribution in [-0.2, 0) is 14.3 Å². The summed E-state index contributed by atoms with van der Waals surface area (Å²) < 4.78 is 28.1. The number of rotatable bonds is 7. The maximum atomic E-state index is 12.1. The molecule has 2 rings (SSSR count). The fourth-order valence-corrected chi connectivity index (χ4v) is 3.09. The van der Waals surface area contributed by atoms with Gasteiger partial charge in [0.15, 0.2) is 0 Å². The SMILES string of the molecule is CN(C)CCS(=O)(=O)OCCN1C(=O)c2ccccc2C1=O. The first kappa shape index (κ1) is 16.6. The number of imide groups is 1. The van der Waals surface area contributed by atoms with Crippen molar-refractivity contribution in [1.29, 1.82) is 0 Å². The molecule has 1 aliphatic rings.